The number of rotatable bonds is 5. The molecule has 21 heavy (non-hydrogen) atoms. The van der Waals surface area contributed by atoms with Crippen LogP contribution in [0.15, 0.2) is 40.0 Å². The van der Waals surface area contributed by atoms with E-state index >= 15 is 0 Å². The van der Waals surface area contributed by atoms with Crippen LogP contribution in [0.1, 0.15) is 21.7 Å². The van der Waals surface area contributed by atoms with E-state index in [-0.39, 0.29) is 5.76 Å². The van der Waals surface area contributed by atoms with Crippen molar-refractivity contribution >= 4 is 12.1 Å². The van der Waals surface area contributed by atoms with E-state index in [2.05, 4.69) is 10.5 Å². The molecule has 0 bridgehead atoms. The van der Waals surface area contributed by atoms with Gasteiger partial charge in [-0.2, -0.15) is 5.10 Å². The maximum Gasteiger partial charge on any atom is 0.307 e. The van der Waals surface area contributed by atoms with Crippen LogP contribution in [-0.4, -0.2) is 26.3 Å². The number of nitrogens with zero attached hydrogens (tertiary/aromatic N) is 1. The summed E-state index contributed by atoms with van der Waals surface area (Å²) < 4.78 is 15.4. The molecule has 0 spiro atoms. The first-order valence-corrected chi connectivity index (χ1v) is 6.25. The topological polar surface area (TPSA) is 73.1 Å². The Hall–Kier alpha value is -2.76. The number of hydrogen-bond donors (Lipinski definition) is 1. The van der Waals surface area contributed by atoms with Gasteiger partial charge in [-0.25, -0.2) is 5.43 Å². The molecule has 0 atom stereocenters. The molecule has 1 N–H and O–H groups in total. The van der Waals surface area contributed by atoms with Crippen molar-refractivity contribution in [3.8, 4) is 11.5 Å². The van der Waals surface area contributed by atoms with Crippen LogP contribution in [0, 0.1) is 6.92 Å². The Bertz CT molecular complexity index is 648. The van der Waals surface area contributed by atoms with Crippen LogP contribution in [-0.2, 0) is 0 Å². The van der Waals surface area contributed by atoms with Gasteiger partial charge in [0.1, 0.15) is 0 Å². The minimum Gasteiger partial charge on any atom is -0.493 e. The summed E-state index contributed by atoms with van der Waals surface area (Å²) in [4.78, 5) is 11.6. The second-order valence-corrected chi connectivity index (χ2v) is 4.24. The smallest absolute Gasteiger partial charge is 0.307 e. The molecule has 0 fully saturated rings. The Morgan fingerprint density at radius 3 is 2.62 bits per heavy atom. The number of amides is 1. The lowest BCUT2D eigenvalue weighted by Gasteiger charge is -2.10. The monoisotopic (exact) mass is 288 g/mol. The molecule has 0 saturated heterocycles. The lowest BCUT2D eigenvalue weighted by atomic mass is 10.1. The van der Waals surface area contributed by atoms with Crippen molar-refractivity contribution < 1.29 is 18.7 Å². The van der Waals surface area contributed by atoms with Crippen LogP contribution in [0.2, 0.25) is 0 Å². The largest absolute Gasteiger partial charge is 0.493 e. The Morgan fingerprint density at radius 1 is 1.29 bits per heavy atom. The van der Waals surface area contributed by atoms with E-state index < -0.39 is 5.91 Å². The van der Waals surface area contributed by atoms with Gasteiger partial charge in [0.25, 0.3) is 0 Å². The highest BCUT2D eigenvalue weighted by Gasteiger charge is 2.08. The summed E-state index contributed by atoms with van der Waals surface area (Å²) in [6.45, 7) is 1.91. The lowest BCUT2D eigenvalue weighted by Crippen LogP contribution is -2.16. The summed E-state index contributed by atoms with van der Waals surface area (Å²) in [5, 5.41) is 3.91. The Labute approximate surface area is 122 Å². The molecule has 0 aliphatic heterocycles. The second kappa shape index (κ2) is 6.60. The van der Waals surface area contributed by atoms with Crippen LogP contribution in [0.5, 0.6) is 11.5 Å². The number of hydrazone groups is 1. The van der Waals surface area contributed by atoms with Gasteiger partial charge in [-0.05, 0) is 36.8 Å². The molecule has 2 rings (SSSR count). The summed E-state index contributed by atoms with van der Waals surface area (Å²) in [5.41, 5.74) is 4.15. The molecule has 1 amide bonds. The van der Waals surface area contributed by atoms with E-state index in [1.165, 1.54) is 12.5 Å². The van der Waals surface area contributed by atoms with Gasteiger partial charge >= 0.3 is 5.91 Å². The number of furan rings is 1. The number of benzene rings is 1. The summed E-state index contributed by atoms with van der Waals surface area (Å²) in [6.07, 6.45) is 2.97. The zero-order valence-electron chi connectivity index (χ0n) is 12.0. The van der Waals surface area contributed by atoms with Gasteiger partial charge in [-0.1, -0.05) is 0 Å². The SMILES string of the molecule is COc1cc(C)c(/C=N/NC(=O)c2ccco2)cc1OC. The maximum absolute atomic E-state index is 11.6. The number of aryl methyl sites for hydroxylation is 1. The average Bonchev–Trinajstić information content (AvgIpc) is 3.02. The van der Waals surface area contributed by atoms with Gasteiger partial charge in [-0.3, -0.25) is 4.79 Å². The fourth-order valence-electron chi connectivity index (χ4n) is 1.76. The average molecular weight is 288 g/mol. The number of carbonyl (C=O) groups is 1. The maximum atomic E-state index is 11.6. The van der Waals surface area contributed by atoms with Crippen molar-refractivity contribution in [3.63, 3.8) is 0 Å². The molecule has 1 aromatic heterocycles. The van der Waals surface area contributed by atoms with Crippen LogP contribution < -0.4 is 14.9 Å². The van der Waals surface area contributed by atoms with Crippen LogP contribution in [0.25, 0.3) is 0 Å². The second-order valence-electron chi connectivity index (χ2n) is 4.24. The number of ether oxygens (including phenoxy) is 2. The molecule has 110 valence electrons. The van der Waals surface area contributed by atoms with E-state index in [1.807, 2.05) is 13.0 Å². The first-order chi connectivity index (χ1) is 10.2. The third kappa shape index (κ3) is 3.42. The molecule has 0 aliphatic carbocycles. The molecular formula is C15H16N2O4. The Balaban J connectivity index is 2.12. The quantitative estimate of drug-likeness (QED) is 0.677. The van der Waals surface area contributed by atoms with Gasteiger partial charge in [-0.15, -0.1) is 0 Å². The number of carbonyl (C=O) groups excluding carboxylic acids is 1. The Kier molecular flexibility index (Phi) is 4.61. The molecule has 6 nitrogen and oxygen atoms in total. The number of hydrogen-bond acceptors (Lipinski definition) is 5. The number of methoxy groups -OCH3 is 2. The van der Waals surface area contributed by atoms with Crippen LogP contribution in [0.4, 0.5) is 0 Å². The third-order valence-electron chi connectivity index (χ3n) is 2.89. The minimum atomic E-state index is -0.408. The molecule has 6 heteroatoms. The molecule has 0 radical (unpaired) electrons. The van der Waals surface area contributed by atoms with E-state index in [9.17, 15) is 4.79 Å². The first kappa shape index (κ1) is 14.6. The molecule has 1 aromatic carbocycles. The van der Waals surface area contributed by atoms with Crippen molar-refractivity contribution in [1.29, 1.82) is 0 Å². The standard InChI is InChI=1S/C15H16N2O4/c1-10-7-13(19-2)14(20-3)8-11(10)9-16-17-15(18)12-5-4-6-21-12/h4-9H,1-3H3,(H,17,18)/b16-9+. The van der Waals surface area contributed by atoms with Gasteiger partial charge in [0.2, 0.25) is 0 Å². The lowest BCUT2D eigenvalue weighted by molar-refractivity contribution is 0.0927. The van der Waals surface area contributed by atoms with Crippen LogP contribution >= 0.6 is 0 Å². The van der Waals surface area contributed by atoms with E-state index in [4.69, 9.17) is 13.9 Å². The van der Waals surface area contributed by atoms with Gasteiger partial charge in [0.05, 0.1) is 26.7 Å². The zero-order chi connectivity index (χ0) is 15.2. The van der Waals surface area contributed by atoms with Crippen molar-refractivity contribution in [2.45, 2.75) is 6.92 Å². The third-order valence-corrected chi connectivity index (χ3v) is 2.89. The van der Waals surface area contributed by atoms with Crippen molar-refractivity contribution in [3.05, 3.63) is 47.4 Å². The van der Waals surface area contributed by atoms with Gasteiger partial charge in [0, 0.05) is 5.56 Å². The van der Waals surface area contributed by atoms with E-state index in [0.29, 0.717) is 11.5 Å². The highest BCUT2D eigenvalue weighted by molar-refractivity contribution is 5.92. The molecule has 2 aromatic rings. The summed E-state index contributed by atoms with van der Waals surface area (Å²) in [6, 6.07) is 6.83. The van der Waals surface area contributed by atoms with E-state index in [0.717, 1.165) is 11.1 Å². The minimum absolute atomic E-state index is 0.205. The molecular weight excluding hydrogens is 272 g/mol. The van der Waals surface area contributed by atoms with Gasteiger partial charge in [0.15, 0.2) is 17.3 Å². The molecule has 1 heterocycles. The highest BCUT2D eigenvalue weighted by Crippen LogP contribution is 2.29. The van der Waals surface area contributed by atoms with Crippen molar-refractivity contribution in [2.75, 3.05) is 14.2 Å². The molecule has 0 aliphatic rings. The first-order valence-electron chi connectivity index (χ1n) is 6.25. The predicted molar refractivity (Wildman–Crippen MR) is 78.1 cm³/mol. The van der Waals surface area contributed by atoms with Crippen molar-refractivity contribution in [1.82, 2.24) is 5.43 Å². The molecule has 0 unspecified atom stereocenters. The summed E-state index contributed by atoms with van der Waals surface area (Å²) in [7, 11) is 3.14. The van der Waals surface area contributed by atoms with Crippen molar-refractivity contribution in [2.24, 2.45) is 5.10 Å². The Morgan fingerprint density at radius 2 is 2.00 bits per heavy atom. The fraction of sp³-hybridized carbons (Fsp3) is 0.200. The highest BCUT2D eigenvalue weighted by atomic mass is 16.5. The summed E-state index contributed by atoms with van der Waals surface area (Å²) in [5.74, 6) is 1.04. The van der Waals surface area contributed by atoms with Gasteiger partial charge < -0.3 is 13.9 Å². The van der Waals surface area contributed by atoms with E-state index in [1.54, 1.807) is 32.4 Å². The van der Waals surface area contributed by atoms with Crippen LogP contribution in [0.3, 0.4) is 0 Å². The zero-order valence-corrected chi connectivity index (χ0v) is 12.0. The number of nitrogens with one attached hydrogen (secondary N) is 1. The molecule has 0 saturated carbocycles. The summed E-state index contributed by atoms with van der Waals surface area (Å²) >= 11 is 0. The predicted octanol–water partition coefficient (Wildman–Crippen LogP) is 2.37. The fourth-order valence-corrected chi connectivity index (χ4v) is 1.76. The normalized spacial score (nSPS) is 10.6.